The molecule has 8 aliphatic carbocycles. The second-order valence-corrected chi connectivity index (χ2v) is 29.3. The molecule has 3 unspecified atom stereocenters. The summed E-state index contributed by atoms with van der Waals surface area (Å²) in [6, 6.07) is 0. The van der Waals surface area contributed by atoms with Crippen molar-refractivity contribution in [2.45, 2.75) is 231 Å². The number of hydrogen-bond acceptors (Lipinski definition) is 13. The van der Waals surface area contributed by atoms with Gasteiger partial charge in [-0.1, -0.05) is 74.0 Å². The van der Waals surface area contributed by atoms with Gasteiger partial charge in [-0.2, -0.15) is 0 Å². The average molecular weight is 985 g/mol. The maximum atomic E-state index is 15.4. The van der Waals surface area contributed by atoms with Crippen molar-refractivity contribution in [2.24, 2.45) is 72.9 Å². The highest BCUT2D eigenvalue weighted by atomic mass is 16.7. The third kappa shape index (κ3) is 5.03. The van der Waals surface area contributed by atoms with Crippen LogP contribution in [0.2, 0.25) is 0 Å². The molecule has 5 heterocycles. The van der Waals surface area contributed by atoms with Crippen molar-refractivity contribution >= 4 is 5.78 Å². The second-order valence-electron chi connectivity index (χ2n) is 29.3. The molecule has 3 spiro atoms. The maximum Gasteiger partial charge on any atom is 0.201 e. The molecule has 1 aromatic rings. The Balaban J connectivity index is 0.814. The van der Waals surface area contributed by atoms with Crippen molar-refractivity contribution in [3.05, 3.63) is 34.4 Å². The Morgan fingerprint density at radius 1 is 0.676 bits per heavy atom. The standard InChI is InChI=1S/C58H84N2O11/c1-30-32-13-14-39-54(32,29-68-57(30)42(64)24-45(3,4)70-57)41(63)27-52(11)51(10)23-38-36(21-47(51,6)17-18-55(39,52)66)59-37-22-50(9)46(5,20-35(37)60-38)16-15-33-34-19-44-56(67,53(34,12)40(62)26-49(33,50)8)31(2)58(69-44)43(65)25-48(7,28-61)71-58/h19,30-33,39-40,42-44,61-62,64-67H,13-18,20-29H2,1-12H3/t30-,31+,32?,33+,39?,40-,42-,43-,44+,46+,47+,48+,49+,50+,51+,52-,53-,54?,55-,56-,57+,58+/m1/s1. The van der Waals surface area contributed by atoms with Crippen LogP contribution in [-0.4, -0.2) is 118 Å². The van der Waals surface area contributed by atoms with Crippen LogP contribution in [0.25, 0.3) is 0 Å². The summed E-state index contributed by atoms with van der Waals surface area (Å²) in [4.78, 5) is 26.7. The lowest BCUT2D eigenvalue weighted by Crippen LogP contribution is -2.76. The van der Waals surface area contributed by atoms with Gasteiger partial charge in [-0.05, 0) is 130 Å². The minimum atomic E-state index is -1.54. The molecule has 4 aliphatic heterocycles. The summed E-state index contributed by atoms with van der Waals surface area (Å²) in [6.45, 7) is 25.8. The van der Waals surface area contributed by atoms with Crippen LogP contribution in [0.4, 0.5) is 0 Å². The van der Waals surface area contributed by atoms with E-state index < -0.39 is 86.0 Å². The second kappa shape index (κ2) is 13.6. The Labute approximate surface area is 420 Å². The number of aliphatic hydroxyl groups is 6. The lowest BCUT2D eigenvalue weighted by atomic mass is 9.33. The van der Waals surface area contributed by atoms with Crippen LogP contribution in [0.3, 0.4) is 0 Å². The highest BCUT2D eigenvalue weighted by molar-refractivity contribution is 5.89. The van der Waals surface area contributed by atoms with E-state index in [1.165, 1.54) is 0 Å². The van der Waals surface area contributed by atoms with Crippen LogP contribution in [-0.2, 0) is 49.4 Å². The van der Waals surface area contributed by atoms with Crippen molar-refractivity contribution in [2.75, 3.05) is 13.2 Å². The zero-order valence-electron chi connectivity index (χ0n) is 44.7. The lowest BCUT2D eigenvalue weighted by Gasteiger charge is -2.73. The van der Waals surface area contributed by atoms with E-state index in [9.17, 15) is 30.6 Å². The average Bonchev–Trinajstić information content (AvgIpc) is 4.01. The monoisotopic (exact) mass is 985 g/mol. The van der Waals surface area contributed by atoms with Crippen molar-refractivity contribution in [1.29, 1.82) is 0 Å². The van der Waals surface area contributed by atoms with E-state index in [0.717, 1.165) is 79.7 Å². The zero-order chi connectivity index (χ0) is 50.9. The molecule has 12 aliphatic rings. The van der Waals surface area contributed by atoms with Crippen LogP contribution in [0.15, 0.2) is 11.6 Å². The normalized spacial score (nSPS) is 60.1. The Bertz CT molecular complexity index is 2590. The number of carbonyl (C=O) groups is 1. The van der Waals surface area contributed by atoms with Gasteiger partial charge in [0.2, 0.25) is 5.79 Å². The number of ether oxygens (including phenoxy) is 4. The van der Waals surface area contributed by atoms with E-state index in [0.29, 0.717) is 25.7 Å². The fourth-order valence-corrected chi connectivity index (χ4v) is 21.6. The van der Waals surface area contributed by atoms with Crippen LogP contribution in [0.1, 0.15) is 170 Å². The van der Waals surface area contributed by atoms with Gasteiger partial charge >= 0.3 is 0 Å². The number of nitrogens with zero attached hydrogens (tertiary/aromatic N) is 2. The van der Waals surface area contributed by atoms with Gasteiger partial charge in [0.25, 0.3) is 0 Å². The van der Waals surface area contributed by atoms with Crippen molar-refractivity contribution < 1.29 is 54.4 Å². The highest BCUT2D eigenvalue weighted by Gasteiger charge is 2.83. The van der Waals surface area contributed by atoms with Gasteiger partial charge in [0.1, 0.15) is 29.7 Å². The van der Waals surface area contributed by atoms with Crippen molar-refractivity contribution in [3.8, 4) is 0 Å². The summed E-state index contributed by atoms with van der Waals surface area (Å²) >= 11 is 0. The first-order valence-electron chi connectivity index (χ1n) is 27.8. The Morgan fingerprint density at radius 3 is 1.92 bits per heavy atom. The molecular formula is C58H84N2O11. The van der Waals surface area contributed by atoms with Gasteiger partial charge in [0, 0.05) is 47.8 Å². The topological polar surface area (TPSA) is 201 Å². The van der Waals surface area contributed by atoms with Gasteiger partial charge in [-0.15, -0.1) is 0 Å². The summed E-state index contributed by atoms with van der Waals surface area (Å²) in [5.74, 6) is -3.61. The maximum absolute atomic E-state index is 15.4. The minimum Gasteiger partial charge on any atom is -0.393 e. The molecule has 0 bridgehead atoms. The van der Waals surface area contributed by atoms with Crippen molar-refractivity contribution in [3.63, 3.8) is 0 Å². The van der Waals surface area contributed by atoms with E-state index in [4.69, 9.17) is 28.9 Å². The number of carbonyl (C=O) groups excluding carboxylic acids is 1. The highest BCUT2D eigenvalue weighted by Crippen LogP contribution is 2.79. The zero-order valence-corrected chi connectivity index (χ0v) is 44.7. The van der Waals surface area contributed by atoms with E-state index in [1.54, 1.807) is 6.92 Å². The first-order chi connectivity index (χ1) is 32.8. The van der Waals surface area contributed by atoms with Gasteiger partial charge in [0.05, 0.1) is 64.3 Å². The molecule has 0 aromatic carbocycles. The first-order valence-corrected chi connectivity index (χ1v) is 27.8. The SMILES string of the molecule is C[C@@H]1C2CCC3C2(CO[C@]12OC(C)(C)C[C@H]2O)C(=O)C[C@]1(C)[C@@]2(C)Cc4nc5c(nc4C[C@]2(C)CC[C@@]31O)C[C@@]1(C)[C@@](C)(CC[C@H]2C3=C[C@@H]4O[C@]6(O[C@](C)(CO)C[C@H]6O)[C@@H](C)[C@]4(O)[C@@]3(C)[C@H](O)C[C@@]21C)C5. The number of aliphatic hydroxyl groups excluding tert-OH is 4. The number of ketones is 1. The van der Waals surface area contributed by atoms with E-state index in [2.05, 4.69) is 54.5 Å². The minimum absolute atomic E-state index is 0.0554. The number of fused-ring (bicyclic) bond motifs is 13. The van der Waals surface area contributed by atoms with Crippen LogP contribution >= 0.6 is 0 Å². The van der Waals surface area contributed by atoms with Crippen molar-refractivity contribution in [1.82, 2.24) is 9.97 Å². The third-order valence-corrected chi connectivity index (χ3v) is 26.6. The van der Waals surface area contributed by atoms with Crippen LogP contribution in [0.5, 0.6) is 0 Å². The van der Waals surface area contributed by atoms with Gasteiger partial charge in [-0.3, -0.25) is 14.8 Å². The summed E-state index contributed by atoms with van der Waals surface area (Å²) in [6.07, 6.45) is 7.56. The first kappa shape index (κ1) is 48.7. The summed E-state index contributed by atoms with van der Waals surface area (Å²) in [5.41, 5.74) is -3.14. The third-order valence-electron chi connectivity index (χ3n) is 26.6. The quantitative estimate of drug-likeness (QED) is 0.173. The molecule has 13 nitrogen and oxygen atoms in total. The largest absolute Gasteiger partial charge is 0.393 e. The fraction of sp³-hybridized carbons (Fsp3) is 0.879. The number of hydrogen-bond donors (Lipinski definition) is 6. The molecular weight excluding hydrogens is 901 g/mol. The molecule has 5 saturated carbocycles. The molecule has 22 atom stereocenters. The predicted octanol–water partition coefficient (Wildman–Crippen LogP) is 6.26. The Morgan fingerprint density at radius 2 is 1.30 bits per heavy atom. The predicted molar refractivity (Wildman–Crippen MR) is 260 cm³/mol. The van der Waals surface area contributed by atoms with E-state index in [-0.39, 0.29) is 77.2 Å². The Hall–Kier alpha value is -1.91. The van der Waals surface area contributed by atoms with E-state index in [1.807, 2.05) is 27.7 Å². The summed E-state index contributed by atoms with van der Waals surface area (Å²) in [5, 5.41) is 72.7. The number of Topliss-reactive ketones (excluding diaryl/α,β-unsaturated/α-hetero) is 1. The molecule has 6 N–H and O–H groups in total. The Kier molecular flexibility index (Phi) is 9.33. The molecule has 0 amide bonds. The van der Waals surface area contributed by atoms with Gasteiger partial charge in [0.15, 0.2) is 5.79 Å². The molecule has 13 heteroatoms. The van der Waals surface area contributed by atoms with E-state index >= 15 is 4.79 Å². The molecule has 392 valence electrons. The molecule has 0 radical (unpaired) electrons. The fourth-order valence-electron chi connectivity index (χ4n) is 21.6. The molecule has 71 heavy (non-hydrogen) atoms. The smallest absolute Gasteiger partial charge is 0.201 e. The summed E-state index contributed by atoms with van der Waals surface area (Å²) < 4.78 is 26.5. The molecule has 13 rings (SSSR count). The summed E-state index contributed by atoms with van der Waals surface area (Å²) in [7, 11) is 0. The molecule has 9 fully saturated rings. The number of aromatic nitrogens is 2. The molecule has 4 saturated heterocycles. The van der Waals surface area contributed by atoms with Gasteiger partial charge in [-0.25, -0.2) is 0 Å². The number of rotatable bonds is 1. The van der Waals surface area contributed by atoms with Crippen LogP contribution in [0, 0.1) is 72.9 Å². The lowest BCUT2D eigenvalue weighted by molar-refractivity contribution is -0.353. The van der Waals surface area contributed by atoms with Crippen LogP contribution < -0.4 is 0 Å². The molecule has 1 aromatic heterocycles. The van der Waals surface area contributed by atoms with Gasteiger partial charge < -0.3 is 49.6 Å².